The maximum Gasteiger partial charge on any atom is 0.416 e. The number of halogens is 3. The van der Waals surface area contributed by atoms with Crippen molar-refractivity contribution in [1.82, 2.24) is 9.97 Å². The highest BCUT2D eigenvalue weighted by molar-refractivity contribution is 7.98. The first-order chi connectivity index (χ1) is 21.2. The highest BCUT2D eigenvalue weighted by atomic mass is 32.2. The van der Waals surface area contributed by atoms with E-state index < -0.39 is 11.7 Å². The molecule has 0 atom stereocenters. The number of esters is 1. The molecule has 2 aromatic carbocycles. The van der Waals surface area contributed by atoms with Crippen molar-refractivity contribution in [3.05, 3.63) is 77.6 Å². The fourth-order valence-corrected chi connectivity index (χ4v) is 5.72. The van der Waals surface area contributed by atoms with Crippen molar-refractivity contribution in [1.29, 1.82) is 0 Å². The van der Waals surface area contributed by atoms with Crippen LogP contribution in [0.25, 0.3) is 0 Å². The van der Waals surface area contributed by atoms with E-state index in [1.54, 1.807) is 30.2 Å². The number of ether oxygens (including phenoxy) is 2. The topological polar surface area (TPSA) is 76.6 Å². The molecule has 0 bridgehead atoms. The van der Waals surface area contributed by atoms with Gasteiger partial charge in [-0.1, -0.05) is 30.3 Å². The van der Waals surface area contributed by atoms with Crippen LogP contribution in [0.5, 0.6) is 5.75 Å². The summed E-state index contributed by atoms with van der Waals surface area (Å²) in [5.74, 6) is 2.21. The third-order valence-electron chi connectivity index (χ3n) is 7.89. The number of benzene rings is 2. The van der Waals surface area contributed by atoms with Crippen LogP contribution >= 0.6 is 11.8 Å². The summed E-state index contributed by atoms with van der Waals surface area (Å²) < 4.78 is 52.0. The SMILES string of the molecule is CCN(CC1CCC(CC(=O)OCc2ccccc2)CC1)c1ccc(C(F)(F)F)cc1CNc1ncc(OCCSC)cn1. The van der Waals surface area contributed by atoms with Gasteiger partial charge in [0.2, 0.25) is 5.95 Å². The van der Waals surface area contributed by atoms with Crippen LogP contribution in [-0.4, -0.2) is 47.6 Å². The summed E-state index contributed by atoms with van der Waals surface area (Å²) in [7, 11) is 0. The van der Waals surface area contributed by atoms with Gasteiger partial charge >= 0.3 is 12.1 Å². The number of aromatic nitrogens is 2. The van der Waals surface area contributed by atoms with Gasteiger partial charge in [0.05, 0.1) is 24.6 Å². The van der Waals surface area contributed by atoms with E-state index in [1.807, 2.05) is 43.5 Å². The molecule has 1 aliphatic rings. The minimum absolute atomic E-state index is 0.139. The molecule has 1 fully saturated rings. The first kappa shape index (κ1) is 33.4. The van der Waals surface area contributed by atoms with Gasteiger partial charge < -0.3 is 19.7 Å². The quantitative estimate of drug-likeness (QED) is 0.136. The maximum absolute atomic E-state index is 13.6. The molecule has 0 aliphatic heterocycles. The summed E-state index contributed by atoms with van der Waals surface area (Å²) in [6.45, 7) is 4.37. The van der Waals surface area contributed by atoms with Crippen molar-refractivity contribution in [3.63, 3.8) is 0 Å². The van der Waals surface area contributed by atoms with E-state index in [2.05, 4.69) is 20.2 Å². The normalized spacial score (nSPS) is 16.8. The molecule has 238 valence electrons. The number of anilines is 2. The van der Waals surface area contributed by atoms with Gasteiger partial charge in [-0.25, -0.2) is 9.97 Å². The number of hydrogen-bond acceptors (Lipinski definition) is 8. The number of carbonyl (C=O) groups excluding carboxylic acids is 1. The van der Waals surface area contributed by atoms with Crippen LogP contribution in [0.15, 0.2) is 60.9 Å². The highest BCUT2D eigenvalue weighted by Gasteiger charge is 2.32. The Hall–Kier alpha value is -3.47. The molecule has 1 saturated carbocycles. The Bertz CT molecular complexity index is 1300. The van der Waals surface area contributed by atoms with Crippen LogP contribution in [0.3, 0.4) is 0 Å². The molecular weight excluding hydrogens is 589 g/mol. The van der Waals surface area contributed by atoms with Crippen molar-refractivity contribution in [2.75, 3.05) is 41.9 Å². The van der Waals surface area contributed by atoms with Gasteiger partial charge in [-0.2, -0.15) is 24.9 Å². The largest absolute Gasteiger partial charge is 0.489 e. The number of hydrogen-bond donors (Lipinski definition) is 1. The second-order valence-electron chi connectivity index (χ2n) is 11.1. The molecule has 1 heterocycles. The molecule has 0 spiro atoms. The van der Waals surface area contributed by atoms with Gasteiger partial charge in [0.1, 0.15) is 6.61 Å². The Labute approximate surface area is 262 Å². The third kappa shape index (κ3) is 10.3. The fraction of sp³-hybridized carbons (Fsp3) is 0.485. The lowest BCUT2D eigenvalue weighted by molar-refractivity contribution is -0.146. The molecule has 3 aromatic rings. The summed E-state index contributed by atoms with van der Waals surface area (Å²) in [4.78, 5) is 23.1. The Kier molecular flexibility index (Phi) is 12.6. The van der Waals surface area contributed by atoms with Crippen LogP contribution in [-0.2, 0) is 28.9 Å². The lowest BCUT2D eigenvalue weighted by atomic mass is 9.80. The molecule has 4 rings (SSSR count). The molecule has 0 unspecified atom stereocenters. The van der Waals surface area contributed by atoms with Crippen LogP contribution in [0, 0.1) is 11.8 Å². The lowest BCUT2D eigenvalue weighted by Crippen LogP contribution is -2.33. The van der Waals surface area contributed by atoms with Crippen LogP contribution in [0.1, 0.15) is 55.7 Å². The minimum atomic E-state index is -4.45. The molecule has 0 radical (unpaired) electrons. The molecule has 0 saturated heterocycles. The van der Waals surface area contributed by atoms with E-state index in [0.29, 0.717) is 42.8 Å². The fourth-order valence-electron chi connectivity index (χ4n) is 5.47. The van der Waals surface area contributed by atoms with Crippen LogP contribution < -0.4 is 15.0 Å². The van der Waals surface area contributed by atoms with E-state index in [1.165, 1.54) is 6.07 Å². The predicted octanol–water partition coefficient (Wildman–Crippen LogP) is 7.62. The average molecular weight is 631 g/mol. The lowest BCUT2D eigenvalue weighted by Gasteiger charge is -2.34. The van der Waals surface area contributed by atoms with E-state index in [9.17, 15) is 18.0 Å². The number of carbonyl (C=O) groups is 1. The summed E-state index contributed by atoms with van der Waals surface area (Å²) in [5.41, 5.74) is 1.57. The smallest absolute Gasteiger partial charge is 0.416 e. The molecule has 1 aromatic heterocycles. The summed E-state index contributed by atoms with van der Waals surface area (Å²) in [6.07, 6.45) is 4.85. The molecule has 0 amide bonds. The summed E-state index contributed by atoms with van der Waals surface area (Å²) >= 11 is 1.67. The molecule has 11 heteroatoms. The van der Waals surface area contributed by atoms with E-state index in [-0.39, 0.29) is 25.0 Å². The zero-order chi connectivity index (χ0) is 31.4. The minimum Gasteiger partial charge on any atom is -0.489 e. The first-order valence-electron chi connectivity index (χ1n) is 15.1. The third-order valence-corrected chi connectivity index (χ3v) is 8.47. The average Bonchev–Trinajstić information content (AvgIpc) is 3.03. The van der Waals surface area contributed by atoms with Gasteiger partial charge in [-0.3, -0.25) is 4.79 Å². The van der Waals surface area contributed by atoms with Gasteiger partial charge in [-0.05, 0) is 80.0 Å². The zero-order valence-corrected chi connectivity index (χ0v) is 26.1. The van der Waals surface area contributed by atoms with Gasteiger partial charge in [0.25, 0.3) is 0 Å². The second-order valence-corrected chi connectivity index (χ2v) is 12.0. The first-order valence-corrected chi connectivity index (χ1v) is 16.5. The Balaban J connectivity index is 1.34. The Morgan fingerprint density at radius 2 is 1.75 bits per heavy atom. The summed E-state index contributed by atoms with van der Waals surface area (Å²) in [6, 6.07) is 13.6. The number of thioether (sulfide) groups is 1. The molecule has 44 heavy (non-hydrogen) atoms. The van der Waals surface area contributed by atoms with E-state index in [4.69, 9.17) is 9.47 Å². The van der Waals surface area contributed by atoms with Crippen molar-refractivity contribution >= 4 is 29.4 Å². The molecule has 1 N–H and O–H groups in total. The van der Waals surface area contributed by atoms with Gasteiger partial charge in [0.15, 0.2) is 5.75 Å². The van der Waals surface area contributed by atoms with Crippen molar-refractivity contribution < 1.29 is 27.4 Å². The maximum atomic E-state index is 13.6. The number of nitrogens with zero attached hydrogens (tertiary/aromatic N) is 3. The van der Waals surface area contributed by atoms with Crippen LogP contribution in [0.2, 0.25) is 0 Å². The monoisotopic (exact) mass is 630 g/mol. The van der Waals surface area contributed by atoms with E-state index >= 15 is 0 Å². The highest BCUT2D eigenvalue weighted by Crippen LogP contribution is 2.36. The van der Waals surface area contributed by atoms with Crippen molar-refractivity contribution in [3.8, 4) is 5.75 Å². The Morgan fingerprint density at radius 3 is 2.41 bits per heavy atom. The predicted molar refractivity (Wildman–Crippen MR) is 169 cm³/mol. The number of rotatable bonds is 15. The van der Waals surface area contributed by atoms with E-state index in [0.717, 1.165) is 55.3 Å². The van der Waals surface area contributed by atoms with Gasteiger partial charge in [-0.15, -0.1) is 0 Å². The number of alkyl halides is 3. The standard InChI is InChI=1S/C33H41F3N4O3S/c1-3-40(22-25-11-9-24(10-12-25)17-31(41)43-23-26-7-5-4-6-8-26)30-14-13-28(33(34,35)36)18-27(30)19-37-32-38-20-29(21-39-32)42-15-16-44-2/h4-8,13-14,18,20-21,24-25H,3,9-12,15-17,19,22-23H2,1-2H3,(H,37,38,39). The summed E-state index contributed by atoms with van der Waals surface area (Å²) in [5, 5.41) is 3.08. The Morgan fingerprint density at radius 1 is 1.05 bits per heavy atom. The molecule has 1 aliphatic carbocycles. The second kappa shape index (κ2) is 16.6. The van der Waals surface area contributed by atoms with Crippen molar-refractivity contribution in [2.24, 2.45) is 11.8 Å². The molecule has 7 nitrogen and oxygen atoms in total. The number of nitrogens with one attached hydrogen (secondary N) is 1. The van der Waals surface area contributed by atoms with Crippen molar-refractivity contribution in [2.45, 2.75) is 58.4 Å². The molecular formula is C33H41F3N4O3S. The van der Waals surface area contributed by atoms with Crippen LogP contribution in [0.4, 0.5) is 24.8 Å². The van der Waals surface area contributed by atoms with Gasteiger partial charge in [0, 0.05) is 37.5 Å². The zero-order valence-electron chi connectivity index (χ0n) is 25.3.